The van der Waals surface area contributed by atoms with E-state index in [-0.39, 0.29) is 0 Å². The van der Waals surface area contributed by atoms with Crippen molar-refractivity contribution in [3.63, 3.8) is 0 Å². The van der Waals surface area contributed by atoms with Crippen LogP contribution in [0.1, 0.15) is 27.2 Å². The molecule has 0 radical (unpaired) electrons. The van der Waals surface area contributed by atoms with E-state index in [9.17, 15) is 0 Å². The summed E-state index contributed by atoms with van der Waals surface area (Å²) in [5.74, 6) is 0. The second kappa shape index (κ2) is 7.97. The number of rotatable bonds is 8. The van der Waals surface area contributed by atoms with Crippen molar-refractivity contribution in [3.8, 4) is 0 Å². The molecule has 0 amide bonds. The van der Waals surface area contributed by atoms with Crippen molar-refractivity contribution in [2.75, 3.05) is 18.5 Å². The van der Waals surface area contributed by atoms with E-state index in [1.54, 1.807) is 0 Å². The largest absolute Gasteiger partial charge is 0.394 e. The molecule has 80 valence electrons. The van der Waals surface area contributed by atoms with Gasteiger partial charge in [-0.25, -0.2) is 0 Å². The van der Waals surface area contributed by atoms with Gasteiger partial charge in [0, 0.05) is 24.6 Å². The number of alkyl halides is 1. The fourth-order valence-electron chi connectivity index (χ4n) is 1.51. The minimum atomic E-state index is -1.84. The number of hydrogen-bond acceptors (Lipinski definition) is 2. The molecule has 0 aliphatic heterocycles. The molecular formula is C9H21BrO2Si. The summed E-state index contributed by atoms with van der Waals surface area (Å²) in [6.07, 6.45) is 1.15. The monoisotopic (exact) mass is 268 g/mol. The molecule has 0 saturated carbocycles. The first-order valence-electron chi connectivity index (χ1n) is 5.08. The van der Waals surface area contributed by atoms with E-state index < -0.39 is 8.56 Å². The maximum absolute atomic E-state index is 5.84. The van der Waals surface area contributed by atoms with Gasteiger partial charge in [0.05, 0.1) is 0 Å². The molecule has 0 rings (SSSR count). The van der Waals surface area contributed by atoms with Crippen LogP contribution >= 0.6 is 15.9 Å². The van der Waals surface area contributed by atoms with Crippen LogP contribution in [0, 0.1) is 0 Å². The highest BCUT2D eigenvalue weighted by Crippen LogP contribution is 2.21. The van der Waals surface area contributed by atoms with Gasteiger partial charge in [-0.15, -0.1) is 0 Å². The van der Waals surface area contributed by atoms with Gasteiger partial charge in [-0.1, -0.05) is 29.3 Å². The minimum Gasteiger partial charge on any atom is -0.394 e. The summed E-state index contributed by atoms with van der Waals surface area (Å²) < 4.78 is 11.7. The third kappa shape index (κ3) is 5.15. The molecule has 2 nitrogen and oxygen atoms in total. The molecule has 0 aromatic heterocycles. The van der Waals surface area contributed by atoms with Gasteiger partial charge in [-0.05, 0) is 19.9 Å². The number of hydrogen-bond donors (Lipinski definition) is 0. The van der Waals surface area contributed by atoms with E-state index in [0.717, 1.165) is 37.1 Å². The van der Waals surface area contributed by atoms with Crippen molar-refractivity contribution < 1.29 is 8.85 Å². The lowest BCUT2D eigenvalue weighted by Gasteiger charge is -2.29. The topological polar surface area (TPSA) is 18.5 Å². The molecule has 0 atom stereocenters. The molecular weight excluding hydrogens is 248 g/mol. The van der Waals surface area contributed by atoms with Crippen LogP contribution in [0.3, 0.4) is 0 Å². The van der Waals surface area contributed by atoms with Crippen molar-refractivity contribution >= 4 is 24.5 Å². The Hall–Kier alpha value is 0.617. The first kappa shape index (κ1) is 13.6. The lowest BCUT2D eigenvalue weighted by Crippen LogP contribution is -2.42. The highest BCUT2D eigenvalue weighted by atomic mass is 79.9. The molecule has 0 unspecified atom stereocenters. The molecule has 0 aromatic carbocycles. The summed E-state index contributed by atoms with van der Waals surface area (Å²) in [5, 5.41) is 0.985. The quantitative estimate of drug-likeness (QED) is 0.497. The van der Waals surface area contributed by atoms with E-state index in [1.165, 1.54) is 0 Å². The zero-order valence-electron chi connectivity index (χ0n) is 8.94. The van der Waals surface area contributed by atoms with Crippen molar-refractivity contribution in [2.45, 2.75) is 39.3 Å². The normalized spacial score (nSPS) is 12.0. The highest BCUT2D eigenvalue weighted by molar-refractivity contribution is 9.09. The van der Waals surface area contributed by atoms with Crippen molar-refractivity contribution in [3.05, 3.63) is 0 Å². The van der Waals surface area contributed by atoms with E-state index >= 15 is 0 Å². The maximum Gasteiger partial charge on any atom is 0.338 e. The zero-order chi connectivity index (χ0) is 10.2. The maximum atomic E-state index is 5.84. The lowest BCUT2D eigenvalue weighted by molar-refractivity contribution is 0.183. The van der Waals surface area contributed by atoms with Gasteiger partial charge in [0.2, 0.25) is 0 Å². The van der Waals surface area contributed by atoms with Crippen molar-refractivity contribution in [1.29, 1.82) is 0 Å². The molecule has 0 aliphatic rings. The smallest absolute Gasteiger partial charge is 0.338 e. The summed E-state index contributed by atoms with van der Waals surface area (Å²) in [6, 6.07) is 2.17. The third-order valence-electron chi connectivity index (χ3n) is 1.92. The van der Waals surface area contributed by atoms with Crippen LogP contribution < -0.4 is 0 Å². The molecule has 0 saturated heterocycles. The van der Waals surface area contributed by atoms with Gasteiger partial charge in [0.1, 0.15) is 0 Å². The van der Waals surface area contributed by atoms with Crippen LogP contribution in [-0.4, -0.2) is 27.1 Å². The van der Waals surface area contributed by atoms with Crippen LogP contribution in [0.2, 0.25) is 12.1 Å². The molecule has 0 spiro atoms. The van der Waals surface area contributed by atoms with E-state index in [1.807, 2.05) is 13.8 Å². The van der Waals surface area contributed by atoms with Crippen LogP contribution in [0.4, 0.5) is 0 Å². The van der Waals surface area contributed by atoms with Gasteiger partial charge in [0.25, 0.3) is 0 Å². The Morgan fingerprint density at radius 2 is 1.54 bits per heavy atom. The highest BCUT2D eigenvalue weighted by Gasteiger charge is 2.34. The van der Waals surface area contributed by atoms with E-state index in [2.05, 4.69) is 22.9 Å². The standard InChI is InChI=1S/C9H21BrO2Si/c1-4-8-13(9-7-10,11-5-2)12-6-3/h4-9H2,1-3H3. The Bertz CT molecular complexity index is 92.7. The predicted octanol–water partition coefficient (Wildman–Crippen LogP) is 3.31. The molecule has 0 N–H and O–H groups in total. The number of halogens is 1. The Morgan fingerprint density at radius 1 is 1.00 bits per heavy atom. The molecule has 4 heteroatoms. The first-order chi connectivity index (χ1) is 6.24. The van der Waals surface area contributed by atoms with Crippen molar-refractivity contribution in [2.24, 2.45) is 0 Å². The Morgan fingerprint density at radius 3 is 1.85 bits per heavy atom. The SMILES string of the molecule is CCC[Si](CCBr)(OCC)OCC. The second-order valence-corrected chi connectivity index (χ2v) is 7.16. The lowest BCUT2D eigenvalue weighted by atomic mass is 10.6. The van der Waals surface area contributed by atoms with Crippen molar-refractivity contribution in [1.82, 2.24) is 0 Å². The predicted molar refractivity (Wildman–Crippen MR) is 62.7 cm³/mol. The van der Waals surface area contributed by atoms with E-state index in [4.69, 9.17) is 8.85 Å². The fourth-order valence-corrected chi connectivity index (χ4v) is 6.33. The second-order valence-electron chi connectivity index (χ2n) is 2.97. The summed E-state index contributed by atoms with van der Waals surface area (Å²) in [7, 11) is -1.84. The average molecular weight is 269 g/mol. The van der Waals surface area contributed by atoms with Crippen LogP contribution in [0.5, 0.6) is 0 Å². The summed E-state index contributed by atoms with van der Waals surface area (Å²) in [5.41, 5.74) is 0. The Kier molecular flexibility index (Phi) is 8.35. The van der Waals surface area contributed by atoms with E-state index in [0.29, 0.717) is 0 Å². The summed E-state index contributed by atoms with van der Waals surface area (Å²) in [4.78, 5) is 0. The van der Waals surface area contributed by atoms with Crippen LogP contribution in [0.25, 0.3) is 0 Å². The molecule has 0 aromatic rings. The fraction of sp³-hybridized carbons (Fsp3) is 1.00. The van der Waals surface area contributed by atoms with Gasteiger partial charge in [-0.3, -0.25) is 0 Å². The molecule has 0 heterocycles. The first-order valence-corrected chi connectivity index (χ1v) is 8.43. The van der Waals surface area contributed by atoms with Gasteiger partial charge in [-0.2, -0.15) is 0 Å². The average Bonchev–Trinajstić information content (AvgIpc) is 2.06. The summed E-state index contributed by atoms with van der Waals surface area (Å²) in [6.45, 7) is 7.84. The summed E-state index contributed by atoms with van der Waals surface area (Å²) >= 11 is 3.47. The van der Waals surface area contributed by atoms with Crippen LogP contribution in [-0.2, 0) is 8.85 Å². The Balaban J connectivity index is 4.19. The Labute approximate surface area is 91.4 Å². The van der Waals surface area contributed by atoms with Crippen LogP contribution in [0.15, 0.2) is 0 Å². The van der Waals surface area contributed by atoms with Gasteiger partial charge in [0.15, 0.2) is 0 Å². The van der Waals surface area contributed by atoms with Gasteiger partial charge < -0.3 is 8.85 Å². The minimum absolute atomic E-state index is 0.777. The molecule has 0 fully saturated rings. The molecule has 13 heavy (non-hydrogen) atoms. The third-order valence-corrected chi connectivity index (χ3v) is 6.95. The molecule has 0 aliphatic carbocycles. The molecule has 0 bridgehead atoms. The zero-order valence-corrected chi connectivity index (χ0v) is 11.5. The van der Waals surface area contributed by atoms with Gasteiger partial charge >= 0.3 is 8.56 Å².